The van der Waals surface area contributed by atoms with Gasteiger partial charge in [0.25, 0.3) is 28.6 Å². The topological polar surface area (TPSA) is 201 Å². The smallest absolute Gasteiger partial charge is 0.341 e. The van der Waals surface area contributed by atoms with Crippen molar-refractivity contribution in [2.45, 2.75) is 32.7 Å². The Bertz CT molecular complexity index is 7900. The molecule has 5 aliphatic heterocycles. The number of thiophene rings is 1. The normalized spacial score (nSPS) is 13.4. The number of hydrogen-bond donors (Lipinski definition) is 0. The monoisotopic (exact) mass is 1500 g/mol. The van der Waals surface area contributed by atoms with Gasteiger partial charge in [-0.25, -0.2) is 47.3 Å². The summed E-state index contributed by atoms with van der Waals surface area (Å²) in [4.78, 5) is 45.6. The second kappa shape index (κ2) is 24.5. The Morgan fingerprint density at radius 2 is 0.717 bits per heavy atom. The molecule has 0 spiro atoms. The van der Waals surface area contributed by atoms with Crippen LogP contribution in [0.5, 0.6) is 0 Å². The van der Waals surface area contributed by atoms with Crippen LogP contribution in [-0.2, 0) is 74.9 Å². The Hall–Kier alpha value is -14.6. The van der Waals surface area contributed by atoms with Gasteiger partial charge in [-0.3, -0.25) is 52.7 Å². The minimum atomic E-state index is -2.28. The molecule has 0 bridgehead atoms. The first-order valence-corrected chi connectivity index (χ1v) is 38.1. The van der Waals surface area contributed by atoms with Gasteiger partial charge in [0.05, 0.1) is 98.5 Å². The summed E-state index contributed by atoms with van der Waals surface area (Å²) in [7, 11) is 10.4. The zero-order valence-corrected chi connectivity index (χ0v) is 62.5. The third-order valence-electron chi connectivity index (χ3n) is 23.1. The second-order valence-corrected chi connectivity index (χ2v) is 30.1. The van der Waals surface area contributed by atoms with Crippen LogP contribution in [0.3, 0.4) is 0 Å². The quantitative estimate of drug-likeness (QED) is 0.149. The first-order valence-electron chi connectivity index (χ1n) is 38.8. The van der Waals surface area contributed by atoms with Crippen LogP contribution in [-0.4, -0.2) is 86.4 Å². The lowest BCUT2D eigenvalue weighted by molar-refractivity contribution is -0.652. The van der Waals surface area contributed by atoms with E-state index in [4.69, 9.17) is 13.5 Å². The number of fused-ring (bicyclic) bond motifs is 35. The lowest BCUT2D eigenvalue weighted by atomic mass is 10.1. The summed E-state index contributed by atoms with van der Waals surface area (Å²) in [5, 5.41) is 0. The molecule has 0 saturated carbocycles. The molecule has 20 aromatic heterocycles. The minimum absolute atomic E-state index is 0.627. The summed E-state index contributed by atoms with van der Waals surface area (Å²) < 4.78 is 59.7. The molecule has 25 heterocycles. The van der Waals surface area contributed by atoms with Crippen molar-refractivity contribution in [3.63, 3.8) is 0 Å². The van der Waals surface area contributed by atoms with Crippen LogP contribution < -0.4 is 22.8 Å². The molecule has 542 valence electrons. The molecule has 2 aromatic carbocycles. The van der Waals surface area contributed by atoms with Crippen molar-refractivity contribution in [3.05, 3.63) is 272 Å². The van der Waals surface area contributed by atoms with E-state index in [1.54, 1.807) is 24.7 Å². The van der Waals surface area contributed by atoms with E-state index in [-0.39, 0.29) is 0 Å². The Kier molecular flexibility index (Phi) is 13.3. The summed E-state index contributed by atoms with van der Waals surface area (Å²) in [6, 6.07) is 51.3. The third-order valence-corrected chi connectivity index (χ3v) is 24.2. The van der Waals surface area contributed by atoms with Crippen molar-refractivity contribution in [1.29, 1.82) is 0 Å². The first-order chi connectivity index (χ1) is 56.9. The van der Waals surface area contributed by atoms with Crippen LogP contribution in [0.1, 0.15) is 31.9 Å². The predicted octanol–water partition coefficient (Wildman–Crippen LogP) is 12.8. The number of furan rings is 1. The number of rotatable bonds is 2. The van der Waals surface area contributed by atoms with Gasteiger partial charge in [0.2, 0.25) is 49.9 Å². The highest BCUT2D eigenvalue weighted by Crippen LogP contribution is 2.43. The number of benzene rings is 2. The number of aryl methyl sites for hydroxylation is 6. The van der Waals surface area contributed by atoms with Gasteiger partial charge in [0.15, 0.2) is 11.1 Å². The van der Waals surface area contributed by atoms with E-state index >= 15 is 0 Å². The van der Waals surface area contributed by atoms with Gasteiger partial charge in [0.1, 0.15) is 63.1 Å². The molecule has 27 rings (SSSR count). The lowest BCUT2D eigenvalue weighted by Gasteiger charge is -2.02. The maximum Gasteiger partial charge on any atom is 0.341 e. The zero-order chi connectivity index (χ0) is 77.7. The maximum atomic E-state index is 8.02. The van der Waals surface area contributed by atoms with Gasteiger partial charge in [-0.2, -0.15) is 9.13 Å². The van der Waals surface area contributed by atoms with Crippen LogP contribution in [0.2, 0.25) is 0 Å². The molecule has 0 aliphatic carbocycles. The maximum absolute atomic E-state index is 8.02. The minimum Gasteiger partial charge on any atom is -0.417 e. The molecule has 0 amide bonds. The molecular formula is C88H68N23OS+5. The zero-order valence-electron chi connectivity index (χ0n) is 64.7. The fourth-order valence-electron chi connectivity index (χ4n) is 18.3. The number of nitrogens with zero attached hydrogens (tertiary/aromatic N) is 23. The molecule has 0 saturated heterocycles. The summed E-state index contributed by atoms with van der Waals surface area (Å²) in [5.41, 5.74) is 32.5. The van der Waals surface area contributed by atoms with Crippen LogP contribution in [0.15, 0.2) is 249 Å². The molecule has 0 N–H and O–H groups in total. The highest BCUT2D eigenvalue weighted by atomic mass is 32.1. The molecule has 24 nitrogen and oxygen atoms in total. The SMILES string of the molecule is Cn1c2[n+](c3c1c1ncccc1n3-c1ccccc1)Cc1ccncc1-2.Cn1c2[n+](c3c1c1ncccc1n3C)Cc1ccncc1-2.Cn1c2[n+](c3oc4cccnc4c31)Cc1ccncc1-2.[2H]C([2H])([2H])n1c2cccnc2c2c1[n+]1c(n2C)-c2cnccc2C1.c1ccc(-n2c3[n+](c4sc5cccnc5c42)Cc2ccncc2-3)cc1. The number of pyridine rings is 10. The van der Waals surface area contributed by atoms with Crippen LogP contribution >= 0.6 is 11.3 Å². The Labute approximate surface area is 650 Å². The highest BCUT2D eigenvalue weighted by Gasteiger charge is 2.42. The van der Waals surface area contributed by atoms with Gasteiger partial charge < -0.3 is 4.42 Å². The van der Waals surface area contributed by atoms with E-state index in [9.17, 15) is 0 Å². The van der Waals surface area contributed by atoms with Crippen molar-refractivity contribution < 1.29 is 31.4 Å². The Morgan fingerprint density at radius 1 is 0.327 bits per heavy atom. The van der Waals surface area contributed by atoms with Crippen molar-refractivity contribution >= 4 is 121 Å². The molecule has 22 aromatic rings. The summed E-state index contributed by atoms with van der Waals surface area (Å²) in [6.45, 7) is 1.82. The standard InChI is InChI=1S/C21H16N5.C20H13N4S.2C16H14N5.C15H11N4O/c1-24-19-18-17(8-5-10-23-18)26(15-6-3-2-4-7-15)21(19)25-13-14-9-11-22-12-16(14)20(24)25;1-2-5-14(6-3-1)24-18-17-16(7-4-9-22-17)25-20(18)23-12-13-8-10-21-11-15(13)19(23)24;2*1-19-12-4-3-6-18-13(12)14-16(19)21-9-10-5-7-17-8-11(10)15(21)20(14)2;1-18-13-12-11(3-2-5-17-12)20-15(13)19-8-9-4-6-16-7-10(9)14(18)19/h2-12H,13H2,1H3;1-11H,12H2;2*3-8H,9H2,1-2H3;2-7H,8H2,1H3/q5*+1/i;;1D3;;. The number of hydrogen-bond acceptors (Lipinski definition) is 12. The van der Waals surface area contributed by atoms with Crippen molar-refractivity contribution in [2.75, 3.05) is 0 Å². The largest absolute Gasteiger partial charge is 0.417 e. The van der Waals surface area contributed by atoms with E-state index in [1.165, 1.54) is 104 Å². The second-order valence-electron chi connectivity index (χ2n) is 29.0. The molecule has 25 heteroatoms. The molecular weight excluding hydrogens is 1430 g/mol. The van der Waals surface area contributed by atoms with Crippen molar-refractivity contribution in [1.82, 2.24) is 86.4 Å². The van der Waals surface area contributed by atoms with Gasteiger partial charge in [-0.05, 0) is 115 Å². The Morgan fingerprint density at radius 3 is 1.24 bits per heavy atom. The van der Waals surface area contributed by atoms with Crippen molar-refractivity contribution in [2.24, 2.45) is 42.2 Å². The third kappa shape index (κ3) is 9.14. The van der Waals surface area contributed by atoms with Crippen LogP contribution in [0, 0.1) is 0 Å². The molecule has 5 aliphatic rings. The average Bonchev–Trinajstić information content (AvgIpc) is 1.54. The fourth-order valence-corrected chi connectivity index (χ4v) is 19.5. The van der Waals surface area contributed by atoms with E-state index < -0.39 is 6.98 Å². The molecule has 0 atom stereocenters. The van der Waals surface area contributed by atoms with Crippen LogP contribution in [0.4, 0.5) is 0 Å². The molecule has 0 radical (unpaired) electrons. The van der Waals surface area contributed by atoms with Gasteiger partial charge >= 0.3 is 5.71 Å². The summed E-state index contributed by atoms with van der Waals surface area (Å²) >= 11 is 1.81. The number of imidazole rings is 5. The molecule has 113 heavy (non-hydrogen) atoms. The molecule has 0 unspecified atom stereocenters. The molecule has 0 fully saturated rings. The predicted molar refractivity (Wildman–Crippen MR) is 432 cm³/mol. The number of aromatic nitrogens is 23. The van der Waals surface area contributed by atoms with E-state index in [0.29, 0.717) is 23.2 Å². The van der Waals surface area contributed by atoms with Gasteiger partial charge in [-0.15, -0.1) is 0 Å². The average molecular weight is 1500 g/mol. The first kappa shape index (κ1) is 61.3. The van der Waals surface area contributed by atoms with E-state index in [1.807, 2.05) is 140 Å². The Balaban J connectivity index is 0.0000000858. The van der Waals surface area contributed by atoms with Crippen LogP contribution in [0.25, 0.3) is 178 Å². The summed E-state index contributed by atoms with van der Waals surface area (Å²) in [5.74, 6) is 5.70. The van der Waals surface area contributed by atoms with E-state index in [0.717, 1.165) is 116 Å². The van der Waals surface area contributed by atoms with E-state index in [2.05, 4.69) is 226 Å². The fraction of sp³-hybridized carbons (Fsp3) is 0.125. The number of para-hydroxylation sites is 2. The lowest BCUT2D eigenvalue weighted by Crippen LogP contribution is -2.33. The highest BCUT2D eigenvalue weighted by molar-refractivity contribution is 7.25. The summed E-state index contributed by atoms with van der Waals surface area (Å²) in [6.07, 6.45) is 28.0. The van der Waals surface area contributed by atoms with Gasteiger partial charge in [0, 0.05) is 121 Å². The van der Waals surface area contributed by atoms with Gasteiger partial charge in [-0.1, -0.05) is 47.7 Å². The van der Waals surface area contributed by atoms with Crippen molar-refractivity contribution in [3.8, 4) is 68.3 Å².